The van der Waals surface area contributed by atoms with E-state index in [0.717, 1.165) is 5.39 Å². The Balaban J connectivity index is 2.09. The molecule has 8 heteroatoms. The Morgan fingerprint density at radius 3 is 2.89 bits per heavy atom. The number of aromatic amines is 1. The lowest BCUT2D eigenvalue weighted by Gasteiger charge is -2.19. The average molecular weight is 301 g/mol. The Bertz CT molecular complexity index is 608. The van der Waals surface area contributed by atoms with Crippen LogP contribution in [0.4, 0.5) is 0 Å². The number of aromatic nitrogens is 4. The number of hydrogen-bond acceptors (Lipinski definition) is 6. The maximum absolute atomic E-state index is 11.6. The molecule has 0 aromatic carbocycles. The number of carbonyl (C=O) groups excluding carboxylic acids is 1. The van der Waals surface area contributed by atoms with Gasteiger partial charge in [-0.15, -0.1) is 0 Å². The van der Waals surface area contributed by atoms with E-state index in [1.54, 1.807) is 6.20 Å². The zero-order valence-corrected chi connectivity index (χ0v) is 12.3. The maximum Gasteiger partial charge on any atom is 0.316 e. The van der Waals surface area contributed by atoms with Crippen molar-refractivity contribution in [3.63, 3.8) is 0 Å². The van der Waals surface area contributed by atoms with Crippen molar-refractivity contribution in [1.29, 1.82) is 0 Å². The van der Waals surface area contributed by atoms with Gasteiger partial charge in [0.25, 0.3) is 0 Å². The summed E-state index contributed by atoms with van der Waals surface area (Å²) >= 11 is 7.05. The van der Waals surface area contributed by atoms with Crippen LogP contribution in [-0.2, 0) is 9.53 Å². The first-order valence-electron chi connectivity index (χ1n) is 5.56. The van der Waals surface area contributed by atoms with Crippen molar-refractivity contribution in [2.24, 2.45) is 0 Å². The number of halogens is 1. The van der Waals surface area contributed by atoms with Crippen LogP contribution in [0.3, 0.4) is 0 Å². The second-order valence-electron chi connectivity index (χ2n) is 4.81. The van der Waals surface area contributed by atoms with Gasteiger partial charge in [0.15, 0.2) is 5.65 Å². The lowest BCUT2D eigenvalue weighted by molar-refractivity contribution is -0.151. The average Bonchev–Trinajstić information content (AvgIpc) is 2.71. The summed E-state index contributed by atoms with van der Waals surface area (Å²) in [4.78, 5) is 19.7. The fourth-order valence-corrected chi connectivity index (χ4v) is 2.38. The SMILES string of the molecule is CC(C)(C)OC(=O)CSc1nc(Cl)nc2[nH]ncc12. The lowest BCUT2D eigenvalue weighted by atomic mass is 10.2. The van der Waals surface area contributed by atoms with Gasteiger partial charge in [-0.25, -0.2) is 4.98 Å². The van der Waals surface area contributed by atoms with E-state index in [9.17, 15) is 4.79 Å². The molecule has 1 N–H and O–H groups in total. The first kappa shape index (κ1) is 14.1. The van der Waals surface area contributed by atoms with Crippen LogP contribution in [0.25, 0.3) is 11.0 Å². The summed E-state index contributed by atoms with van der Waals surface area (Å²) in [6.45, 7) is 5.47. The molecule has 0 saturated carbocycles. The highest BCUT2D eigenvalue weighted by molar-refractivity contribution is 8.00. The molecule has 0 aliphatic rings. The van der Waals surface area contributed by atoms with Crippen LogP contribution in [0.2, 0.25) is 5.28 Å². The Hall–Kier alpha value is -1.34. The highest BCUT2D eigenvalue weighted by Crippen LogP contribution is 2.25. The zero-order valence-electron chi connectivity index (χ0n) is 10.7. The second kappa shape index (κ2) is 5.34. The maximum atomic E-state index is 11.6. The van der Waals surface area contributed by atoms with Crippen LogP contribution in [0.1, 0.15) is 20.8 Å². The number of nitrogens with one attached hydrogen (secondary N) is 1. The molecule has 102 valence electrons. The molecule has 2 rings (SSSR count). The quantitative estimate of drug-likeness (QED) is 0.406. The topological polar surface area (TPSA) is 80.8 Å². The first-order chi connectivity index (χ1) is 8.85. The molecule has 0 atom stereocenters. The summed E-state index contributed by atoms with van der Waals surface area (Å²) < 4.78 is 5.22. The van der Waals surface area contributed by atoms with Gasteiger partial charge in [-0.2, -0.15) is 10.1 Å². The normalized spacial score (nSPS) is 11.8. The predicted molar refractivity (Wildman–Crippen MR) is 73.3 cm³/mol. The van der Waals surface area contributed by atoms with E-state index in [-0.39, 0.29) is 17.0 Å². The molecule has 0 spiro atoms. The van der Waals surface area contributed by atoms with E-state index < -0.39 is 5.60 Å². The van der Waals surface area contributed by atoms with Crippen molar-refractivity contribution in [2.45, 2.75) is 31.4 Å². The number of fused-ring (bicyclic) bond motifs is 1. The van der Waals surface area contributed by atoms with Crippen LogP contribution >= 0.6 is 23.4 Å². The van der Waals surface area contributed by atoms with E-state index >= 15 is 0 Å². The molecule has 0 aliphatic heterocycles. The molecule has 0 fully saturated rings. The van der Waals surface area contributed by atoms with Gasteiger partial charge in [0.1, 0.15) is 10.6 Å². The standard InChI is InChI=1S/C11H13ClN4O2S/c1-11(2,3)18-7(17)5-19-9-6-4-13-16-8(6)14-10(12)15-9/h4H,5H2,1-3H3,(H,13,14,15,16). The second-order valence-corrected chi connectivity index (χ2v) is 6.11. The molecule has 0 radical (unpaired) electrons. The first-order valence-corrected chi connectivity index (χ1v) is 6.93. The fourth-order valence-electron chi connectivity index (χ4n) is 1.39. The predicted octanol–water partition coefficient (Wildman–Crippen LogP) is 2.44. The zero-order chi connectivity index (χ0) is 14.0. The van der Waals surface area contributed by atoms with Crippen molar-refractivity contribution in [2.75, 3.05) is 5.75 Å². The molecule has 2 heterocycles. The van der Waals surface area contributed by atoms with Crippen molar-refractivity contribution in [3.8, 4) is 0 Å². The highest BCUT2D eigenvalue weighted by Gasteiger charge is 2.17. The van der Waals surface area contributed by atoms with Crippen LogP contribution in [0, 0.1) is 0 Å². The number of nitrogens with zero attached hydrogens (tertiary/aromatic N) is 3. The number of H-pyrrole nitrogens is 1. The number of carbonyl (C=O) groups is 1. The van der Waals surface area contributed by atoms with Gasteiger partial charge in [0.2, 0.25) is 5.28 Å². The van der Waals surface area contributed by atoms with E-state index in [1.807, 2.05) is 20.8 Å². The van der Waals surface area contributed by atoms with Gasteiger partial charge >= 0.3 is 5.97 Å². The lowest BCUT2D eigenvalue weighted by Crippen LogP contribution is -2.24. The highest BCUT2D eigenvalue weighted by atomic mass is 35.5. The third-order valence-electron chi connectivity index (χ3n) is 1.99. The molecule has 2 aromatic rings. The summed E-state index contributed by atoms with van der Waals surface area (Å²) in [5, 5.41) is 8.04. The molecule has 0 bridgehead atoms. The monoisotopic (exact) mass is 300 g/mol. The molecular formula is C11H13ClN4O2S. The smallest absolute Gasteiger partial charge is 0.316 e. The Morgan fingerprint density at radius 2 is 2.21 bits per heavy atom. The molecule has 6 nitrogen and oxygen atoms in total. The van der Waals surface area contributed by atoms with E-state index in [1.165, 1.54) is 11.8 Å². The Labute approximate surface area is 119 Å². The van der Waals surface area contributed by atoms with Crippen LogP contribution in [0.15, 0.2) is 11.2 Å². The summed E-state index contributed by atoms with van der Waals surface area (Å²) in [6, 6.07) is 0. The van der Waals surface area contributed by atoms with Gasteiger partial charge in [-0.3, -0.25) is 9.89 Å². The van der Waals surface area contributed by atoms with Gasteiger partial charge in [-0.1, -0.05) is 11.8 Å². The summed E-state index contributed by atoms with van der Waals surface area (Å²) in [6.07, 6.45) is 1.60. The third kappa shape index (κ3) is 3.81. The minimum Gasteiger partial charge on any atom is -0.459 e. The van der Waals surface area contributed by atoms with E-state index in [4.69, 9.17) is 16.3 Å². The largest absolute Gasteiger partial charge is 0.459 e. The van der Waals surface area contributed by atoms with Gasteiger partial charge in [0, 0.05) is 0 Å². The molecule has 0 unspecified atom stereocenters. The number of thioether (sulfide) groups is 1. The summed E-state index contributed by atoms with van der Waals surface area (Å²) in [5.74, 6) is -0.144. The van der Waals surface area contributed by atoms with Crippen LogP contribution < -0.4 is 0 Å². The number of esters is 1. The van der Waals surface area contributed by atoms with Crippen LogP contribution in [-0.4, -0.2) is 37.5 Å². The van der Waals surface area contributed by atoms with Crippen molar-refractivity contribution in [1.82, 2.24) is 20.2 Å². The van der Waals surface area contributed by atoms with E-state index in [0.29, 0.717) is 10.7 Å². The molecule has 2 aromatic heterocycles. The van der Waals surface area contributed by atoms with E-state index in [2.05, 4.69) is 20.2 Å². The molecule has 0 amide bonds. The fraction of sp³-hybridized carbons (Fsp3) is 0.455. The van der Waals surface area contributed by atoms with Gasteiger partial charge in [-0.05, 0) is 32.4 Å². The van der Waals surface area contributed by atoms with Crippen molar-refractivity contribution >= 4 is 40.4 Å². The van der Waals surface area contributed by atoms with Crippen molar-refractivity contribution in [3.05, 3.63) is 11.5 Å². The van der Waals surface area contributed by atoms with Crippen LogP contribution in [0.5, 0.6) is 0 Å². The minimum atomic E-state index is -0.494. The third-order valence-corrected chi connectivity index (χ3v) is 3.13. The number of hydrogen-bond donors (Lipinski definition) is 1. The van der Waals surface area contributed by atoms with Gasteiger partial charge < -0.3 is 4.74 Å². The Morgan fingerprint density at radius 1 is 1.47 bits per heavy atom. The summed E-state index contributed by atoms with van der Waals surface area (Å²) in [7, 11) is 0. The molecule has 19 heavy (non-hydrogen) atoms. The number of rotatable bonds is 3. The Kier molecular flexibility index (Phi) is 3.96. The number of ether oxygens (including phenoxy) is 1. The molecular weight excluding hydrogens is 288 g/mol. The molecule has 0 saturated heterocycles. The minimum absolute atomic E-state index is 0.114. The summed E-state index contributed by atoms with van der Waals surface area (Å²) in [5.41, 5.74) is 0.0537. The molecule has 0 aliphatic carbocycles. The van der Waals surface area contributed by atoms with Crippen molar-refractivity contribution < 1.29 is 9.53 Å². The van der Waals surface area contributed by atoms with Gasteiger partial charge in [0.05, 0.1) is 17.3 Å².